The number of oxime groups is 1. The van der Waals surface area contributed by atoms with Crippen LogP contribution in [0, 0.1) is 0 Å². The van der Waals surface area contributed by atoms with Crippen molar-refractivity contribution in [2.24, 2.45) is 5.16 Å². The number of rotatable bonds is 1. The fourth-order valence-corrected chi connectivity index (χ4v) is 1.70. The second-order valence-corrected chi connectivity index (χ2v) is 3.20. The molecule has 0 aliphatic heterocycles. The quantitative estimate of drug-likeness (QED) is 0.382. The summed E-state index contributed by atoms with van der Waals surface area (Å²) >= 11 is 0. The molecule has 0 bridgehead atoms. The van der Waals surface area contributed by atoms with Gasteiger partial charge in [-0.25, -0.2) is 0 Å². The second-order valence-electron chi connectivity index (χ2n) is 3.20. The Morgan fingerprint density at radius 1 is 1.50 bits per heavy atom. The third-order valence-corrected chi connectivity index (χ3v) is 2.52. The van der Waals surface area contributed by atoms with Crippen LogP contribution < -0.4 is 0 Å². The highest BCUT2D eigenvalue weighted by Gasteiger charge is 2.27. The molecule has 1 aliphatic carbocycles. The van der Waals surface area contributed by atoms with Crippen LogP contribution in [0.5, 0.6) is 0 Å². The van der Waals surface area contributed by atoms with Crippen LogP contribution in [0.2, 0.25) is 0 Å². The predicted molar refractivity (Wildman–Crippen MR) is 47.8 cm³/mol. The van der Waals surface area contributed by atoms with Crippen molar-refractivity contribution in [2.45, 2.75) is 19.3 Å². The van der Waals surface area contributed by atoms with Crippen molar-refractivity contribution >= 4 is 5.71 Å². The van der Waals surface area contributed by atoms with Crippen LogP contribution in [0.25, 0.3) is 0 Å². The van der Waals surface area contributed by atoms with E-state index in [4.69, 9.17) is 5.21 Å². The van der Waals surface area contributed by atoms with Crippen LogP contribution in [0.15, 0.2) is 29.4 Å². The molecule has 2 heteroatoms. The van der Waals surface area contributed by atoms with E-state index in [0.717, 1.165) is 12.1 Å². The molecule has 1 aromatic rings. The first kappa shape index (κ1) is 7.35. The van der Waals surface area contributed by atoms with Crippen molar-refractivity contribution in [2.75, 3.05) is 0 Å². The molecule has 0 heterocycles. The average Bonchev–Trinajstić information content (AvgIpc) is 2.07. The van der Waals surface area contributed by atoms with E-state index in [0.29, 0.717) is 5.92 Å². The van der Waals surface area contributed by atoms with Crippen molar-refractivity contribution in [3.05, 3.63) is 35.4 Å². The summed E-state index contributed by atoms with van der Waals surface area (Å²) in [4.78, 5) is 0. The first-order valence-corrected chi connectivity index (χ1v) is 4.09. The predicted octanol–water partition coefficient (Wildman–Crippen LogP) is 2.18. The molecule has 2 rings (SSSR count). The van der Waals surface area contributed by atoms with Gasteiger partial charge >= 0.3 is 0 Å². The number of hydrogen-bond donors (Lipinski definition) is 1. The van der Waals surface area contributed by atoms with E-state index < -0.39 is 0 Å². The first-order chi connectivity index (χ1) is 5.83. The number of fused-ring (bicyclic) bond motifs is 1. The highest BCUT2D eigenvalue weighted by Crippen LogP contribution is 2.35. The summed E-state index contributed by atoms with van der Waals surface area (Å²) in [6, 6.07) is 8.28. The minimum Gasteiger partial charge on any atom is -0.411 e. The molecular weight excluding hydrogens is 150 g/mol. The molecular formula is C10H11NO. The van der Waals surface area contributed by atoms with E-state index in [2.05, 4.69) is 17.3 Å². The molecule has 0 spiro atoms. The van der Waals surface area contributed by atoms with E-state index in [1.807, 2.05) is 19.1 Å². The summed E-state index contributed by atoms with van der Waals surface area (Å²) in [6.07, 6.45) is 1.02. The van der Waals surface area contributed by atoms with Crippen molar-refractivity contribution in [1.82, 2.24) is 0 Å². The molecule has 0 saturated carbocycles. The van der Waals surface area contributed by atoms with Gasteiger partial charge in [0.15, 0.2) is 0 Å². The lowest BCUT2D eigenvalue weighted by Gasteiger charge is -2.29. The normalized spacial score (nSPS) is 21.4. The standard InChI is InChI=1S/C10H11NO/c1-7(11-12)10-6-8-4-2-3-5-9(8)10/h2-5,10,12H,6H2,1H3/b11-7+. The van der Waals surface area contributed by atoms with E-state index >= 15 is 0 Å². The van der Waals surface area contributed by atoms with Gasteiger partial charge in [-0.15, -0.1) is 0 Å². The van der Waals surface area contributed by atoms with E-state index in [1.54, 1.807) is 0 Å². The van der Waals surface area contributed by atoms with Gasteiger partial charge in [-0.3, -0.25) is 0 Å². The highest BCUT2D eigenvalue weighted by molar-refractivity contribution is 5.91. The van der Waals surface area contributed by atoms with E-state index in [9.17, 15) is 0 Å². The fraction of sp³-hybridized carbons (Fsp3) is 0.300. The molecule has 0 fully saturated rings. The van der Waals surface area contributed by atoms with Gasteiger partial charge in [0.05, 0.1) is 5.71 Å². The Labute approximate surface area is 71.5 Å². The fourth-order valence-electron chi connectivity index (χ4n) is 1.70. The summed E-state index contributed by atoms with van der Waals surface area (Å²) < 4.78 is 0. The van der Waals surface area contributed by atoms with Gasteiger partial charge in [0.1, 0.15) is 0 Å². The van der Waals surface area contributed by atoms with Crippen LogP contribution in [0.4, 0.5) is 0 Å². The van der Waals surface area contributed by atoms with Crippen LogP contribution in [0.3, 0.4) is 0 Å². The molecule has 2 nitrogen and oxygen atoms in total. The van der Waals surface area contributed by atoms with Crippen molar-refractivity contribution in [3.8, 4) is 0 Å². The Bertz CT molecular complexity index is 330. The second kappa shape index (κ2) is 2.63. The van der Waals surface area contributed by atoms with E-state index in [-0.39, 0.29) is 0 Å². The van der Waals surface area contributed by atoms with Gasteiger partial charge in [0.2, 0.25) is 0 Å². The smallest absolute Gasteiger partial charge is 0.0617 e. The Balaban J connectivity index is 2.31. The molecule has 12 heavy (non-hydrogen) atoms. The molecule has 1 atom stereocenters. The average molecular weight is 161 g/mol. The molecule has 0 aromatic heterocycles. The maximum Gasteiger partial charge on any atom is 0.0617 e. The summed E-state index contributed by atoms with van der Waals surface area (Å²) in [6.45, 7) is 1.86. The van der Waals surface area contributed by atoms with Crippen LogP contribution in [-0.4, -0.2) is 10.9 Å². The maximum atomic E-state index is 8.58. The minimum atomic E-state index is 0.353. The largest absolute Gasteiger partial charge is 0.411 e. The first-order valence-electron chi connectivity index (χ1n) is 4.09. The van der Waals surface area contributed by atoms with Gasteiger partial charge in [-0.05, 0) is 24.5 Å². The summed E-state index contributed by atoms with van der Waals surface area (Å²) in [7, 11) is 0. The molecule has 0 amide bonds. The Kier molecular flexibility index (Phi) is 1.61. The van der Waals surface area contributed by atoms with Crippen LogP contribution in [-0.2, 0) is 6.42 Å². The van der Waals surface area contributed by atoms with Gasteiger partial charge < -0.3 is 5.21 Å². The SMILES string of the molecule is C/C(=N\O)C1Cc2ccccc21. The van der Waals surface area contributed by atoms with Crippen LogP contribution in [0.1, 0.15) is 24.0 Å². The third-order valence-electron chi connectivity index (χ3n) is 2.52. The molecule has 1 aromatic carbocycles. The van der Waals surface area contributed by atoms with Gasteiger partial charge in [-0.1, -0.05) is 29.4 Å². The van der Waals surface area contributed by atoms with Crippen molar-refractivity contribution in [3.63, 3.8) is 0 Å². The lowest BCUT2D eigenvalue weighted by molar-refractivity contribution is 0.315. The topological polar surface area (TPSA) is 32.6 Å². The summed E-state index contributed by atoms with van der Waals surface area (Å²) in [5.74, 6) is 0.353. The van der Waals surface area contributed by atoms with E-state index in [1.165, 1.54) is 11.1 Å². The highest BCUT2D eigenvalue weighted by atomic mass is 16.4. The third kappa shape index (κ3) is 0.916. The van der Waals surface area contributed by atoms with Crippen LogP contribution >= 0.6 is 0 Å². The van der Waals surface area contributed by atoms with Gasteiger partial charge in [0, 0.05) is 5.92 Å². The zero-order valence-electron chi connectivity index (χ0n) is 6.99. The Hall–Kier alpha value is -1.31. The molecule has 0 saturated heterocycles. The lowest BCUT2D eigenvalue weighted by atomic mass is 9.75. The Morgan fingerprint density at radius 2 is 2.25 bits per heavy atom. The molecule has 1 N–H and O–H groups in total. The molecule has 1 aliphatic rings. The number of nitrogens with zero attached hydrogens (tertiary/aromatic N) is 1. The van der Waals surface area contributed by atoms with Crippen molar-refractivity contribution in [1.29, 1.82) is 0 Å². The monoisotopic (exact) mass is 161 g/mol. The minimum absolute atomic E-state index is 0.353. The van der Waals surface area contributed by atoms with Crippen molar-refractivity contribution < 1.29 is 5.21 Å². The molecule has 1 unspecified atom stereocenters. The molecule has 0 radical (unpaired) electrons. The number of benzene rings is 1. The number of hydrogen-bond acceptors (Lipinski definition) is 2. The maximum absolute atomic E-state index is 8.58. The zero-order chi connectivity index (χ0) is 8.55. The molecule has 62 valence electrons. The summed E-state index contributed by atoms with van der Waals surface area (Å²) in [5, 5.41) is 11.8. The Morgan fingerprint density at radius 3 is 2.92 bits per heavy atom. The zero-order valence-corrected chi connectivity index (χ0v) is 6.99. The van der Waals surface area contributed by atoms with Gasteiger partial charge in [-0.2, -0.15) is 0 Å². The van der Waals surface area contributed by atoms with Gasteiger partial charge in [0.25, 0.3) is 0 Å². The summed E-state index contributed by atoms with van der Waals surface area (Å²) in [5.41, 5.74) is 3.51. The lowest BCUT2D eigenvalue weighted by Crippen LogP contribution is -2.23.